The van der Waals surface area contributed by atoms with Crippen molar-refractivity contribution in [3.63, 3.8) is 0 Å². The van der Waals surface area contributed by atoms with Crippen LogP contribution < -0.4 is 5.32 Å². The molecule has 2 heteroatoms. The first-order chi connectivity index (χ1) is 6.34. The molecule has 0 aliphatic heterocycles. The molecular weight excluding hydrogens is 172 g/mol. The summed E-state index contributed by atoms with van der Waals surface area (Å²) in [5.74, 6) is 0. The molecule has 1 N–H and O–H groups in total. The van der Waals surface area contributed by atoms with Gasteiger partial charge in [0, 0.05) is 30.5 Å². The van der Waals surface area contributed by atoms with E-state index >= 15 is 0 Å². The molecule has 0 spiro atoms. The number of hydrogen-bond acceptors (Lipinski definition) is 2. The second-order valence-corrected chi connectivity index (χ2v) is 4.23. The Labute approximate surface area is 88.7 Å². The molecule has 0 saturated heterocycles. The summed E-state index contributed by atoms with van der Waals surface area (Å²) in [4.78, 5) is 2.26. The van der Waals surface area contributed by atoms with Crippen LogP contribution in [-0.2, 0) is 0 Å². The summed E-state index contributed by atoms with van der Waals surface area (Å²) in [5.41, 5.74) is 2.30. The third kappa shape index (κ3) is 4.95. The lowest BCUT2D eigenvalue weighted by atomic mass is 10.2. The first kappa shape index (κ1) is 13.1. The van der Waals surface area contributed by atoms with Crippen LogP contribution in [0, 0.1) is 0 Å². The summed E-state index contributed by atoms with van der Waals surface area (Å²) < 4.78 is 0. The molecule has 0 amide bonds. The molecule has 1 atom stereocenters. The molecule has 0 aromatic heterocycles. The quantitative estimate of drug-likeness (QED) is 0.727. The topological polar surface area (TPSA) is 15.3 Å². The van der Waals surface area contributed by atoms with Gasteiger partial charge in [0.1, 0.15) is 0 Å². The third-order valence-electron chi connectivity index (χ3n) is 2.30. The molecule has 1 unspecified atom stereocenters. The highest BCUT2D eigenvalue weighted by molar-refractivity contribution is 5.05. The van der Waals surface area contributed by atoms with Crippen LogP contribution in [0.5, 0.6) is 0 Å². The van der Waals surface area contributed by atoms with Crippen molar-refractivity contribution in [3.05, 3.63) is 24.0 Å². The number of nitrogens with one attached hydrogen (secondary N) is 1. The highest BCUT2D eigenvalue weighted by Crippen LogP contribution is 2.06. The molecule has 14 heavy (non-hydrogen) atoms. The lowest BCUT2D eigenvalue weighted by molar-refractivity contribution is 0.342. The summed E-state index contributed by atoms with van der Waals surface area (Å²) in [7, 11) is 2.12. The van der Waals surface area contributed by atoms with E-state index in [0.717, 1.165) is 5.70 Å². The highest BCUT2D eigenvalue weighted by Gasteiger charge is 2.04. The molecule has 0 aromatic carbocycles. The average molecular weight is 196 g/mol. The summed E-state index contributed by atoms with van der Waals surface area (Å²) in [6, 6.07) is 0.886. The van der Waals surface area contributed by atoms with E-state index in [1.807, 2.05) is 6.92 Å². The lowest BCUT2D eigenvalue weighted by Gasteiger charge is -2.25. The van der Waals surface area contributed by atoms with Crippen molar-refractivity contribution >= 4 is 0 Å². The number of hydrogen-bond donors (Lipinski definition) is 1. The van der Waals surface area contributed by atoms with Gasteiger partial charge in [-0.1, -0.05) is 6.58 Å². The van der Waals surface area contributed by atoms with Crippen LogP contribution in [0.3, 0.4) is 0 Å². The zero-order valence-corrected chi connectivity index (χ0v) is 10.4. The van der Waals surface area contributed by atoms with Gasteiger partial charge < -0.3 is 10.2 Å². The molecule has 0 rings (SSSR count). The Bertz CT molecular complexity index is 216. The first-order valence-electron chi connectivity index (χ1n) is 5.18. The molecule has 0 bridgehead atoms. The van der Waals surface area contributed by atoms with E-state index in [4.69, 9.17) is 0 Å². The van der Waals surface area contributed by atoms with Gasteiger partial charge in [0.15, 0.2) is 0 Å². The normalized spacial score (nSPS) is 14.1. The summed E-state index contributed by atoms with van der Waals surface area (Å²) in [5, 5.41) is 3.27. The Morgan fingerprint density at radius 3 is 2.14 bits per heavy atom. The van der Waals surface area contributed by atoms with Gasteiger partial charge in [0.25, 0.3) is 0 Å². The summed E-state index contributed by atoms with van der Waals surface area (Å²) in [6.07, 6.45) is 2.22. The highest BCUT2D eigenvalue weighted by atomic mass is 15.1. The lowest BCUT2D eigenvalue weighted by Crippen LogP contribution is -2.27. The molecule has 82 valence electrons. The number of rotatable bonds is 5. The van der Waals surface area contributed by atoms with Crippen molar-refractivity contribution in [2.45, 2.75) is 46.7 Å². The van der Waals surface area contributed by atoms with Gasteiger partial charge in [-0.2, -0.15) is 0 Å². The van der Waals surface area contributed by atoms with Crippen molar-refractivity contribution in [3.8, 4) is 0 Å². The Hall–Kier alpha value is -0.920. The Balaban J connectivity index is 4.28. The van der Waals surface area contributed by atoms with Crippen LogP contribution in [0.25, 0.3) is 0 Å². The largest absolute Gasteiger partial charge is 0.383 e. The molecular formula is C12H24N2. The second-order valence-electron chi connectivity index (χ2n) is 4.23. The fourth-order valence-electron chi connectivity index (χ4n) is 1.32. The van der Waals surface area contributed by atoms with Crippen LogP contribution >= 0.6 is 0 Å². The van der Waals surface area contributed by atoms with E-state index in [0.29, 0.717) is 12.1 Å². The minimum atomic E-state index is 0.341. The van der Waals surface area contributed by atoms with Crippen LogP contribution in [-0.4, -0.2) is 24.0 Å². The maximum Gasteiger partial charge on any atom is 0.0432 e. The molecule has 0 radical (unpaired) electrons. The third-order valence-corrected chi connectivity index (χ3v) is 2.30. The minimum absolute atomic E-state index is 0.341. The molecule has 0 heterocycles. The number of allylic oxidation sites excluding steroid dienone is 2. The zero-order chi connectivity index (χ0) is 11.3. The molecule has 0 fully saturated rings. The monoisotopic (exact) mass is 196 g/mol. The van der Waals surface area contributed by atoms with E-state index < -0.39 is 0 Å². The fourth-order valence-corrected chi connectivity index (χ4v) is 1.32. The van der Waals surface area contributed by atoms with Gasteiger partial charge in [-0.15, -0.1) is 0 Å². The number of nitrogens with zero attached hydrogens (tertiary/aromatic N) is 1. The Kier molecular flexibility index (Phi) is 5.36. The molecule has 0 saturated carbocycles. The predicted octanol–water partition coefficient (Wildman–Crippen LogP) is 2.74. The summed E-state index contributed by atoms with van der Waals surface area (Å²) >= 11 is 0. The maximum absolute atomic E-state index is 3.83. The van der Waals surface area contributed by atoms with Crippen LogP contribution in [0.2, 0.25) is 0 Å². The van der Waals surface area contributed by atoms with E-state index in [1.165, 1.54) is 5.70 Å². The predicted molar refractivity (Wildman–Crippen MR) is 64.1 cm³/mol. The molecule has 0 aliphatic carbocycles. The van der Waals surface area contributed by atoms with Crippen molar-refractivity contribution in [2.75, 3.05) is 7.05 Å². The van der Waals surface area contributed by atoms with Gasteiger partial charge >= 0.3 is 0 Å². The fraction of sp³-hybridized carbons (Fsp3) is 0.667. The van der Waals surface area contributed by atoms with Crippen molar-refractivity contribution in [1.82, 2.24) is 10.2 Å². The van der Waals surface area contributed by atoms with Gasteiger partial charge in [-0.05, 0) is 40.7 Å². The smallest absolute Gasteiger partial charge is 0.0432 e. The standard InChI is InChI=1S/C12H24N2/c1-9(2)13-11(5)8-12(6)14(7)10(3)4/h8,10-11,13H,1H2,2-7H3/b12-8+. The van der Waals surface area contributed by atoms with Crippen LogP contribution in [0.4, 0.5) is 0 Å². The van der Waals surface area contributed by atoms with E-state index in [9.17, 15) is 0 Å². The minimum Gasteiger partial charge on any atom is -0.383 e. The van der Waals surface area contributed by atoms with Crippen LogP contribution in [0.15, 0.2) is 24.0 Å². The maximum atomic E-state index is 3.83. The van der Waals surface area contributed by atoms with E-state index in [1.54, 1.807) is 0 Å². The van der Waals surface area contributed by atoms with Gasteiger partial charge in [0.2, 0.25) is 0 Å². The van der Waals surface area contributed by atoms with Crippen molar-refractivity contribution < 1.29 is 0 Å². The van der Waals surface area contributed by atoms with Crippen molar-refractivity contribution in [2.24, 2.45) is 0 Å². The van der Waals surface area contributed by atoms with Gasteiger partial charge in [-0.3, -0.25) is 0 Å². The Morgan fingerprint density at radius 1 is 1.29 bits per heavy atom. The van der Waals surface area contributed by atoms with Gasteiger partial charge in [0.05, 0.1) is 0 Å². The van der Waals surface area contributed by atoms with E-state index in [-0.39, 0.29) is 0 Å². The average Bonchev–Trinajstić information content (AvgIpc) is 2.00. The molecule has 2 nitrogen and oxygen atoms in total. The van der Waals surface area contributed by atoms with E-state index in [2.05, 4.69) is 57.6 Å². The SMILES string of the molecule is C=C(C)NC(C)/C=C(\C)N(C)C(C)C. The zero-order valence-electron chi connectivity index (χ0n) is 10.4. The summed E-state index contributed by atoms with van der Waals surface area (Å²) in [6.45, 7) is 14.5. The van der Waals surface area contributed by atoms with Crippen molar-refractivity contribution in [1.29, 1.82) is 0 Å². The van der Waals surface area contributed by atoms with Crippen LogP contribution in [0.1, 0.15) is 34.6 Å². The molecule has 0 aromatic rings. The molecule has 0 aliphatic rings. The first-order valence-corrected chi connectivity index (χ1v) is 5.18. The second kappa shape index (κ2) is 5.74. The Morgan fingerprint density at radius 2 is 1.79 bits per heavy atom. The van der Waals surface area contributed by atoms with Gasteiger partial charge in [-0.25, -0.2) is 0 Å².